The molecular formula is C23H24F5NO2S. The van der Waals surface area contributed by atoms with Crippen molar-refractivity contribution in [3.63, 3.8) is 0 Å². The van der Waals surface area contributed by atoms with Gasteiger partial charge in [0.2, 0.25) is 0 Å². The van der Waals surface area contributed by atoms with Crippen molar-refractivity contribution in [3.8, 4) is 5.75 Å². The Labute approximate surface area is 187 Å². The van der Waals surface area contributed by atoms with Crippen LogP contribution in [0.1, 0.15) is 40.7 Å². The minimum Gasteiger partial charge on any atom is -0.496 e. The third kappa shape index (κ3) is 4.93. The van der Waals surface area contributed by atoms with Crippen molar-refractivity contribution in [2.45, 2.75) is 35.7 Å². The number of methoxy groups -OCH3 is 1. The van der Waals surface area contributed by atoms with E-state index in [1.165, 1.54) is 7.11 Å². The molecule has 0 aromatic heterocycles. The van der Waals surface area contributed by atoms with Gasteiger partial charge in [0.1, 0.15) is 17.4 Å². The molecule has 1 fully saturated rings. The van der Waals surface area contributed by atoms with E-state index in [4.69, 9.17) is 4.74 Å². The molecule has 1 atom stereocenters. The molecule has 1 saturated heterocycles. The summed E-state index contributed by atoms with van der Waals surface area (Å²) in [6.07, 6.45) is -2.10. The quantitative estimate of drug-likeness (QED) is 0.295. The van der Waals surface area contributed by atoms with Gasteiger partial charge in [0.05, 0.1) is 18.2 Å². The number of benzene rings is 2. The number of hydrogen-bond acceptors (Lipinski definition) is 4. The number of carbonyl (C=O) groups excluding carboxylic acids is 1. The molecule has 1 aliphatic heterocycles. The van der Waals surface area contributed by atoms with E-state index in [9.17, 15) is 26.7 Å². The lowest BCUT2D eigenvalue weighted by atomic mass is 9.70. The van der Waals surface area contributed by atoms with Crippen molar-refractivity contribution in [1.82, 2.24) is 4.90 Å². The number of piperidine rings is 1. The molecule has 0 amide bonds. The molecule has 174 valence electrons. The Morgan fingerprint density at radius 3 is 2.53 bits per heavy atom. The first-order valence-electron chi connectivity index (χ1n) is 10.0. The molecule has 2 aromatic carbocycles. The number of likely N-dealkylation sites (N-methyl/N-ethyl adjacent to an activating group) is 1. The maximum atomic E-state index is 14.8. The van der Waals surface area contributed by atoms with Gasteiger partial charge in [-0.25, -0.2) is 8.78 Å². The van der Waals surface area contributed by atoms with Crippen LogP contribution in [0, 0.1) is 11.6 Å². The zero-order chi connectivity index (χ0) is 23.7. The summed E-state index contributed by atoms with van der Waals surface area (Å²) in [5.74, 6) is -1.88. The largest absolute Gasteiger partial charge is 0.496 e. The van der Waals surface area contributed by atoms with Crippen molar-refractivity contribution in [1.29, 1.82) is 0 Å². The molecule has 3 nitrogen and oxygen atoms in total. The van der Waals surface area contributed by atoms with Gasteiger partial charge in [-0.3, -0.25) is 4.79 Å². The van der Waals surface area contributed by atoms with Crippen molar-refractivity contribution in [2.24, 2.45) is 0 Å². The third-order valence-corrected chi connectivity index (χ3v) is 6.64. The summed E-state index contributed by atoms with van der Waals surface area (Å²) in [6, 6.07) is 4.89. The number of thioether (sulfide) groups is 1. The van der Waals surface area contributed by atoms with Crippen LogP contribution in [0.3, 0.4) is 0 Å². The minimum atomic E-state index is -4.60. The van der Waals surface area contributed by atoms with E-state index in [-0.39, 0.29) is 28.2 Å². The SMILES string of the molecule is COc1cc(C(F)(F)F)cc(SC)c1C(=O)CC1(c2cc(F)ccc2F)CCCN(C)C1. The Bertz CT molecular complexity index is 985. The summed E-state index contributed by atoms with van der Waals surface area (Å²) in [7, 11) is 3.04. The topological polar surface area (TPSA) is 29.5 Å². The molecule has 0 spiro atoms. The number of ether oxygens (including phenoxy) is 1. The fraction of sp³-hybridized carbons (Fsp3) is 0.435. The Morgan fingerprint density at radius 2 is 1.94 bits per heavy atom. The second kappa shape index (κ2) is 9.39. The van der Waals surface area contributed by atoms with Gasteiger partial charge in [0.25, 0.3) is 0 Å². The zero-order valence-electron chi connectivity index (χ0n) is 18.0. The number of nitrogens with zero attached hydrogens (tertiary/aromatic N) is 1. The van der Waals surface area contributed by atoms with Crippen molar-refractivity contribution in [2.75, 3.05) is 33.5 Å². The van der Waals surface area contributed by atoms with Crippen LogP contribution in [0.2, 0.25) is 0 Å². The van der Waals surface area contributed by atoms with Gasteiger partial charge >= 0.3 is 6.18 Å². The zero-order valence-corrected chi connectivity index (χ0v) is 18.8. The van der Waals surface area contributed by atoms with E-state index in [2.05, 4.69) is 0 Å². The van der Waals surface area contributed by atoms with E-state index in [1.54, 1.807) is 6.26 Å². The Morgan fingerprint density at radius 1 is 1.22 bits per heavy atom. The molecule has 1 aliphatic rings. The standard InChI is InChI=1S/C23H24F5NO2S/c1-29-8-4-7-22(13-29,16-11-15(24)5-6-17(16)25)12-18(30)21-19(31-2)9-14(23(26,27)28)10-20(21)32-3/h5-6,9-11H,4,7-8,12-13H2,1-3H3. The number of rotatable bonds is 6. The summed E-state index contributed by atoms with van der Waals surface area (Å²) in [5, 5.41) is 0. The molecule has 32 heavy (non-hydrogen) atoms. The first kappa shape index (κ1) is 24.5. The highest BCUT2D eigenvalue weighted by Gasteiger charge is 2.42. The lowest BCUT2D eigenvalue weighted by molar-refractivity contribution is -0.137. The van der Waals surface area contributed by atoms with Gasteiger partial charge in [-0.2, -0.15) is 13.2 Å². The van der Waals surface area contributed by atoms with Gasteiger partial charge in [-0.15, -0.1) is 11.8 Å². The maximum Gasteiger partial charge on any atom is 0.416 e. The maximum absolute atomic E-state index is 14.8. The summed E-state index contributed by atoms with van der Waals surface area (Å²) >= 11 is 1.00. The molecule has 0 bridgehead atoms. The van der Waals surface area contributed by atoms with E-state index >= 15 is 0 Å². The van der Waals surface area contributed by atoms with Crippen LogP contribution < -0.4 is 4.74 Å². The number of likely N-dealkylation sites (tertiary alicyclic amines) is 1. The summed E-state index contributed by atoms with van der Waals surface area (Å²) < 4.78 is 73.9. The average molecular weight is 474 g/mol. The highest BCUT2D eigenvalue weighted by Crippen LogP contribution is 2.43. The molecule has 0 N–H and O–H groups in total. The van der Waals surface area contributed by atoms with Gasteiger partial charge < -0.3 is 9.64 Å². The summed E-state index contributed by atoms with van der Waals surface area (Å²) in [6.45, 7) is 1.06. The average Bonchev–Trinajstić information content (AvgIpc) is 2.73. The highest BCUT2D eigenvalue weighted by molar-refractivity contribution is 7.98. The Balaban J connectivity index is 2.10. The molecule has 2 aromatic rings. The molecule has 1 heterocycles. The molecule has 9 heteroatoms. The van der Waals surface area contributed by atoms with Crippen LogP contribution in [0.5, 0.6) is 5.75 Å². The van der Waals surface area contributed by atoms with E-state index in [0.29, 0.717) is 19.4 Å². The molecule has 1 unspecified atom stereocenters. The number of Topliss-reactive ketones (excluding diaryl/α,β-unsaturated/α-hetero) is 1. The van der Waals surface area contributed by atoms with Crippen LogP contribution in [-0.4, -0.2) is 44.2 Å². The predicted octanol–water partition coefficient (Wildman–Crippen LogP) is 5.95. The third-order valence-electron chi connectivity index (χ3n) is 5.88. The molecule has 3 rings (SSSR count). The fourth-order valence-electron chi connectivity index (χ4n) is 4.47. The Kier molecular flexibility index (Phi) is 7.19. The highest BCUT2D eigenvalue weighted by atomic mass is 32.2. The van der Waals surface area contributed by atoms with Gasteiger partial charge in [-0.05, 0) is 68.6 Å². The fourth-order valence-corrected chi connectivity index (χ4v) is 5.13. The van der Waals surface area contributed by atoms with Crippen molar-refractivity contribution < 1.29 is 31.5 Å². The molecular weight excluding hydrogens is 449 g/mol. The minimum absolute atomic E-state index is 0.0254. The second-order valence-corrected chi connectivity index (χ2v) is 8.95. The first-order valence-corrected chi connectivity index (χ1v) is 11.2. The molecule has 0 saturated carbocycles. The smallest absolute Gasteiger partial charge is 0.416 e. The van der Waals surface area contributed by atoms with Crippen molar-refractivity contribution in [3.05, 3.63) is 58.7 Å². The normalized spacial score (nSPS) is 19.8. The number of carbonyl (C=O) groups is 1. The van der Waals surface area contributed by atoms with Gasteiger partial charge in [0, 0.05) is 23.3 Å². The van der Waals surface area contributed by atoms with Crippen molar-refractivity contribution >= 4 is 17.5 Å². The van der Waals surface area contributed by atoms with E-state index < -0.39 is 34.6 Å². The van der Waals surface area contributed by atoms with Crippen LogP contribution in [0.4, 0.5) is 22.0 Å². The van der Waals surface area contributed by atoms with Crippen LogP contribution in [0.15, 0.2) is 35.2 Å². The van der Waals surface area contributed by atoms with Gasteiger partial charge in [0.15, 0.2) is 5.78 Å². The monoisotopic (exact) mass is 473 g/mol. The lowest BCUT2D eigenvalue weighted by Gasteiger charge is -2.42. The summed E-state index contributed by atoms with van der Waals surface area (Å²) in [4.78, 5) is 15.6. The van der Waals surface area contributed by atoms with Crippen LogP contribution >= 0.6 is 11.8 Å². The molecule has 0 aliphatic carbocycles. The predicted molar refractivity (Wildman–Crippen MR) is 113 cm³/mol. The number of alkyl halides is 3. The van der Waals surface area contributed by atoms with E-state index in [1.807, 2.05) is 11.9 Å². The number of hydrogen-bond donors (Lipinski definition) is 0. The lowest BCUT2D eigenvalue weighted by Crippen LogP contribution is -2.46. The van der Waals surface area contributed by atoms with Crippen LogP contribution in [0.25, 0.3) is 0 Å². The Hall–Kier alpha value is -2.13. The summed E-state index contributed by atoms with van der Waals surface area (Å²) in [5.41, 5.74) is -1.80. The van der Waals surface area contributed by atoms with E-state index in [0.717, 1.165) is 48.6 Å². The number of ketones is 1. The first-order chi connectivity index (χ1) is 15.0. The van der Waals surface area contributed by atoms with Crippen LogP contribution in [-0.2, 0) is 11.6 Å². The number of halogens is 5. The molecule has 0 radical (unpaired) electrons. The van der Waals surface area contributed by atoms with Gasteiger partial charge in [-0.1, -0.05) is 0 Å². The second-order valence-electron chi connectivity index (χ2n) is 8.10.